The monoisotopic (exact) mass is 369 g/mol. The molecule has 2 aromatic rings. The van der Waals surface area contributed by atoms with Crippen LogP contribution in [-0.4, -0.2) is 64.6 Å². The summed E-state index contributed by atoms with van der Waals surface area (Å²) in [5.41, 5.74) is 2.26. The Morgan fingerprint density at radius 3 is 2.63 bits per heavy atom. The van der Waals surface area contributed by atoms with Gasteiger partial charge < -0.3 is 19.9 Å². The van der Waals surface area contributed by atoms with Gasteiger partial charge in [-0.1, -0.05) is 6.07 Å². The lowest BCUT2D eigenvalue weighted by atomic mass is 10.2. The molecule has 0 spiro atoms. The molecule has 1 N–H and O–H groups in total. The van der Waals surface area contributed by atoms with E-state index in [1.807, 2.05) is 18.2 Å². The van der Waals surface area contributed by atoms with Crippen molar-refractivity contribution in [2.45, 2.75) is 13.5 Å². The van der Waals surface area contributed by atoms with Gasteiger partial charge in [0.1, 0.15) is 5.69 Å². The molecule has 1 saturated heterocycles. The van der Waals surface area contributed by atoms with E-state index in [4.69, 9.17) is 4.74 Å². The Labute approximate surface area is 158 Å². The van der Waals surface area contributed by atoms with Crippen LogP contribution in [0, 0.1) is 0 Å². The zero-order chi connectivity index (χ0) is 19.1. The second kappa shape index (κ2) is 8.98. The molecule has 1 aliphatic rings. The van der Waals surface area contributed by atoms with Crippen molar-refractivity contribution in [2.24, 2.45) is 0 Å². The van der Waals surface area contributed by atoms with E-state index in [2.05, 4.69) is 15.3 Å². The third kappa shape index (κ3) is 4.93. The predicted octanol–water partition coefficient (Wildman–Crippen LogP) is 2.00. The highest BCUT2D eigenvalue weighted by Crippen LogP contribution is 2.13. The molecule has 3 heterocycles. The Morgan fingerprint density at radius 2 is 1.93 bits per heavy atom. The maximum Gasteiger partial charge on any atom is 0.409 e. The van der Waals surface area contributed by atoms with E-state index in [-0.39, 0.29) is 12.0 Å². The normalized spacial score (nSPS) is 14.0. The van der Waals surface area contributed by atoms with Crippen LogP contribution in [0.5, 0.6) is 0 Å². The molecule has 8 heteroatoms. The molecule has 8 nitrogen and oxygen atoms in total. The Hall–Kier alpha value is -3.16. The average Bonchev–Trinajstić information content (AvgIpc) is 2.73. The fourth-order valence-electron chi connectivity index (χ4n) is 2.83. The number of nitrogens with zero attached hydrogens (tertiary/aromatic N) is 4. The number of aromatic nitrogens is 2. The predicted molar refractivity (Wildman–Crippen MR) is 100 cm³/mol. The molecule has 1 aliphatic heterocycles. The van der Waals surface area contributed by atoms with Crippen molar-refractivity contribution in [3.05, 3.63) is 54.1 Å². The van der Waals surface area contributed by atoms with E-state index < -0.39 is 0 Å². The Morgan fingerprint density at radius 1 is 1.15 bits per heavy atom. The van der Waals surface area contributed by atoms with Crippen LogP contribution in [0.2, 0.25) is 0 Å². The molecule has 142 valence electrons. The lowest BCUT2D eigenvalue weighted by Crippen LogP contribution is -2.50. The summed E-state index contributed by atoms with van der Waals surface area (Å²) in [6.07, 6.45) is 4.81. The average molecular weight is 369 g/mol. The quantitative estimate of drug-likeness (QED) is 0.867. The van der Waals surface area contributed by atoms with E-state index in [0.717, 1.165) is 11.3 Å². The van der Waals surface area contributed by atoms with Gasteiger partial charge >= 0.3 is 6.09 Å². The topological polar surface area (TPSA) is 87.7 Å². The third-order valence-electron chi connectivity index (χ3n) is 4.29. The minimum absolute atomic E-state index is 0.136. The number of carbonyl (C=O) groups excluding carboxylic acids is 2. The largest absolute Gasteiger partial charge is 0.450 e. The van der Waals surface area contributed by atoms with Gasteiger partial charge in [0.15, 0.2) is 0 Å². The Balaban J connectivity index is 1.57. The van der Waals surface area contributed by atoms with Gasteiger partial charge in [0, 0.05) is 57.0 Å². The van der Waals surface area contributed by atoms with Crippen LogP contribution < -0.4 is 5.32 Å². The first-order valence-electron chi connectivity index (χ1n) is 8.97. The smallest absolute Gasteiger partial charge is 0.409 e. The fourth-order valence-corrected chi connectivity index (χ4v) is 2.83. The van der Waals surface area contributed by atoms with Gasteiger partial charge in [0.25, 0.3) is 5.91 Å². The van der Waals surface area contributed by atoms with E-state index in [1.54, 1.807) is 41.4 Å². The molecule has 1 fully saturated rings. The van der Waals surface area contributed by atoms with Crippen molar-refractivity contribution in [1.82, 2.24) is 19.8 Å². The van der Waals surface area contributed by atoms with E-state index >= 15 is 0 Å². The van der Waals surface area contributed by atoms with Crippen molar-refractivity contribution in [3.8, 4) is 0 Å². The summed E-state index contributed by atoms with van der Waals surface area (Å²) >= 11 is 0. The SMILES string of the molecule is CCOC(=O)N1CCN(C(=O)c2cc(NCc3cccnc3)ccn2)CC1. The molecule has 0 atom stereocenters. The summed E-state index contributed by atoms with van der Waals surface area (Å²) in [6, 6.07) is 7.44. The number of nitrogens with one attached hydrogen (secondary N) is 1. The summed E-state index contributed by atoms with van der Waals surface area (Å²) in [6.45, 7) is 4.59. The first-order chi connectivity index (χ1) is 13.2. The molecule has 0 saturated carbocycles. The van der Waals surface area contributed by atoms with Gasteiger partial charge in [-0.2, -0.15) is 0 Å². The highest BCUT2D eigenvalue weighted by Gasteiger charge is 2.26. The van der Waals surface area contributed by atoms with Gasteiger partial charge in [0.2, 0.25) is 0 Å². The molecule has 2 amide bonds. The number of hydrogen-bond donors (Lipinski definition) is 1. The second-order valence-electron chi connectivity index (χ2n) is 6.12. The van der Waals surface area contributed by atoms with Crippen LogP contribution in [0.3, 0.4) is 0 Å². The minimum atomic E-state index is -0.329. The van der Waals surface area contributed by atoms with E-state index in [0.29, 0.717) is 45.0 Å². The maximum absolute atomic E-state index is 12.7. The molecule has 2 aromatic heterocycles. The first kappa shape index (κ1) is 18.6. The fraction of sp³-hybridized carbons (Fsp3) is 0.368. The highest BCUT2D eigenvalue weighted by atomic mass is 16.6. The summed E-state index contributed by atoms with van der Waals surface area (Å²) in [5, 5.41) is 3.28. The van der Waals surface area contributed by atoms with Crippen molar-refractivity contribution >= 4 is 17.7 Å². The van der Waals surface area contributed by atoms with Crippen LogP contribution in [0.15, 0.2) is 42.9 Å². The molecule has 0 unspecified atom stereocenters. The number of amides is 2. The van der Waals surface area contributed by atoms with Crippen LogP contribution in [0.4, 0.5) is 10.5 Å². The van der Waals surface area contributed by atoms with Crippen LogP contribution in [-0.2, 0) is 11.3 Å². The molecule has 0 radical (unpaired) electrons. The highest BCUT2D eigenvalue weighted by molar-refractivity contribution is 5.93. The molecular weight excluding hydrogens is 346 g/mol. The summed E-state index contributed by atoms with van der Waals surface area (Å²) in [4.78, 5) is 36.1. The number of ether oxygens (including phenoxy) is 1. The Bertz CT molecular complexity index is 776. The zero-order valence-electron chi connectivity index (χ0n) is 15.3. The number of anilines is 1. The van der Waals surface area contributed by atoms with Gasteiger partial charge in [-0.3, -0.25) is 14.8 Å². The van der Waals surface area contributed by atoms with Crippen molar-refractivity contribution in [3.63, 3.8) is 0 Å². The number of carbonyl (C=O) groups is 2. The minimum Gasteiger partial charge on any atom is -0.450 e. The van der Waals surface area contributed by atoms with Crippen molar-refractivity contribution in [1.29, 1.82) is 0 Å². The van der Waals surface area contributed by atoms with E-state index in [1.165, 1.54) is 0 Å². The lowest BCUT2D eigenvalue weighted by Gasteiger charge is -2.33. The number of piperazine rings is 1. The Kier molecular flexibility index (Phi) is 6.19. The lowest BCUT2D eigenvalue weighted by molar-refractivity contribution is 0.0566. The first-order valence-corrected chi connectivity index (χ1v) is 8.97. The molecule has 0 aliphatic carbocycles. The van der Waals surface area contributed by atoms with Crippen LogP contribution in [0.25, 0.3) is 0 Å². The second-order valence-corrected chi connectivity index (χ2v) is 6.12. The summed E-state index contributed by atoms with van der Waals surface area (Å²) in [5.74, 6) is -0.136. The van der Waals surface area contributed by atoms with Crippen LogP contribution >= 0.6 is 0 Å². The van der Waals surface area contributed by atoms with Gasteiger partial charge in [-0.15, -0.1) is 0 Å². The third-order valence-corrected chi connectivity index (χ3v) is 4.29. The van der Waals surface area contributed by atoms with Gasteiger partial charge in [-0.25, -0.2) is 4.79 Å². The van der Waals surface area contributed by atoms with Gasteiger partial charge in [0.05, 0.1) is 6.61 Å². The molecule has 0 aromatic carbocycles. The zero-order valence-corrected chi connectivity index (χ0v) is 15.3. The molecular formula is C19H23N5O3. The number of pyridine rings is 2. The van der Waals surface area contributed by atoms with Crippen molar-refractivity contribution < 1.29 is 14.3 Å². The standard InChI is InChI=1S/C19H23N5O3/c1-2-27-19(26)24-10-8-23(9-11-24)18(25)17-12-16(5-7-21-17)22-14-15-4-3-6-20-13-15/h3-7,12-13H,2,8-11,14H2,1H3,(H,21,22). The van der Waals surface area contributed by atoms with Crippen LogP contribution in [0.1, 0.15) is 23.0 Å². The van der Waals surface area contributed by atoms with Crippen molar-refractivity contribution in [2.75, 3.05) is 38.1 Å². The molecule has 3 rings (SSSR count). The molecule has 27 heavy (non-hydrogen) atoms. The van der Waals surface area contributed by atoms with E-state index in [9.17, 15) is 9.59 Å². The number of hydrogen-bond acceptors (Lipinski definition) is 6. The van der Waals surface area contributed by atoms with Gasteiger partial charge in [-0.05, 0) is 30.7 Å². The summed E-state index contributed by atoms with van der Waals surface area (Å²) < 4.78 is 5.00. The number of rotatable bonds is 5. The maximum atomic E-state index is 12.7. The summed E-state index contributed by atoms with van der Waals surface area (Å²) in [7, 11) is 0. The molecule has 0 bridgehead atoms.